The molecule has 0 atom stereocenters. The third-order valence-electron chi connectivity index (χ3n) is 3.31. The molecule has 128 valence electrons. The van der Waals surface area contributed by atoms with E-state index in [0.717, 1.165) is 22.8 Å². The van der Waals surface area contributed by atoms with E-state index in [0.29, 0.717) is 18.3 Å². The summed E-state index contributed by atoms with van der Waals surface area (Å²) in [6.07, 6.45) is 1.63. The molecule has 3 N–H and O–H groups in total. The number of aromatic nitrogens is 2. The fraction of sp³-hybridized carbons (Fsp3) is 0.167. The highest BCUT2D eigenvalue weighted by molar-refractivity contribution is 5.89. The Bertz CT molecular complexity index is 862. The highest BCUT2D eigenvalue weighted by Crippen LogP contribution is 2.20. The van der Waals surface area contributed by atoms with Crippen molar-refractivity contribution >= 4 is 29.0 Å². The van der Waals surface area contributed by atoms with Gasteiger partial charge < -0.3 is 20.4 Å². The molecule has 1 aromatic carbocycles. The van der Waals surface area contributed by atoms with E-state index in [1.54, 1.807) is 6.26 Å². The van der Waals surface area contributed by atoms with Crippen molar-refractivity contribution in [3.63, 3.8) is 0 Å². The highest BCUT2D eigenvalue weighted by Gasteiger charge is 2.05. The zero-order chi connectivity index (χ0) is 17.6. The summed E-state index contributed by atoms with van der Waals surface area (Å²) >= 11 is 0. The van der Waals surface area contributed by atoms with Gasteiger partial charge in [0.1, 0.15) is 11.6 Å². The van der Waals surface area contributed by atoms with E-state index in [-0.39, 0.29) is 5.91 Å². The van der Waals surface area contributed by atoms with Crippen molar-refractivity contribution in [3.05, 3.63) is 60.2 Å². The minimum Gasteiger partial charge on any atom is -0.467 e. The van der Waals surface area contributed by atoms with Crippen LogP contribution in [0.15, 0.2) is 53.1 Å². The standard InChI is InChI=1S/C18H19N5O2/c1-12-9-17(22-15-6-3-5-14(10-15)21-13(2)24)23-18(20-12)19-11-16-7-4-8-25-16/h3-10H,11H2,1-2H3,(H,21,24)(H2,19,20,22,23). The second-order valence-electron chi connectivity index (χ2n) is 5.54. The summed E-state index contributed by atoms with van der Waals surface area (Å²) in [5.74, 6) is 1.87. The lowest BCUT2D eigenvalue weighted by atomic mass is 10.2. The molecule has 0 aliphatic carbocycles. The van der Waals surface area contributed by atoms with Crippen LogP contribution >= 0.6 is 0 Å². The number of anilines is 4. The largest absolute Gasteiger partial charge is 0.467 e. The van der Waals surface area contributed by atoms with Crippen LogP contribution < -0.4 is 16.0 Å². The van der Waals surface area contributed by atoms with Crippen LogP contribution in [0.2, 0.25) is 0 Å². The molecular weight excluding hydrogens is 318 g/mol. The molecule has 0 spiro atoms. The highest BCUT2D eigenvalue weighted by atomic mass is 16.3. The van der Waals surface area contributed by atoms with Gasteiger partial charge in [-0.25, -0.2) is 4.98 Å². The van der Waals surface area contributed by atoms with Crippen LogP contribution in [0.3, 0.4) is 0 Å². The van der Waals surface area contributed by atoms with Gasteiger partial charge in [-0.2, -0.15) is 4.98 Å². The summed E-state index contributed by atoms with van der Waals surface area (Å²) in [6, 6.07) is 13.0. The maximum absolute atomic E-state index is 11.2. The summed E-state index contributed by atoms with van der Waals surface area (Å²) in [4.78, 5) is 20.0. The van der Waals surface area contributed by atoms with Crippen LogP contribution in [-0.2, 0) is 11.3 Å². The van der Waals surface area contributed by atoms with Crippen molar-refractivity contribution < 1.29 is 9.21 Å². The molecule has 0 unspecified atom stereocenters. The second-order valence-corrected chi connectivity index (χ2v) is 5.54. The Morgan fingerprint density at radius 1 is 1.12 bits per heavy atom. The summed E-state index contributed by atoms with van der Waals surface area (Å²) in [7, 11) is 0. The number of hydrogen-bond donors (Lipinski definition) is 3. The first-order valence-electron chi connectivity index (χ1n) is 7.85. The van der Waals surface area contributed by atoms with E-state index < -0.39 is 0 Å². The van der Waals surface area contributed by atoms with Crippen molar-refractivity contribution in [2.45, 2.75) is 20.4 Å². The molecule has 0 aliphatic rings. The lowest BCUT2D eigenvalue weighted by molar-refractivity contribution is -0.114. The van der Waals surface area contributed by atoms with Crippen LogP contribution in [0.25, 0.3) is 0 Å². The summed E-state index contributed by atoms with van der Waals surface area (Å²) in [5, 5.41) is 9.12. The number of rotatable bonds is 6. The molecule has 0 saturated heterocycles. The number of hydrogen-bond acceptors (Lipinski definition) is 6. The van der Waals surface area contributed by atoms with Gasteiger partial charge in [-0.3, -0.25) is 4.79 Å². The van der Waals surface area contributed by atoms with Crippen molar-refractivity contribution in [3.8, 4) is 0 Å². The molecule has 0 fully saturated rings. The normalized spacial score (nSPS) is 10.3. The van der Waals surface area contributed by atoms with Crippen molar-refractivity contribution in [2.24, 2.45) is 0 Å². The molecule has 25 heavy (non-hydrogen) atoms. The Hall–Kier alpha value is -3.35. The Morgan fingerprint density at radius 3 is 2.72 bits per heavy atom. The van der Waals surface area contributed by atoms with Crippen LogP contribution in [0.4, 0.5) is 23.1 Å². The smallest absolute Gasteiger partial charge is 0.225 e. The topological polar surface area (TPSA) is 92.1 Å². The molecule has 7 nitrogen and oxygen atoms in total. The van der Waals surface area contributed by atoms with Gasteiger partial charge in [-0.1, -0.05) is 6.07 Å². The summed E-state index contributed by atoms with van der Waals surface area (Å²) in [6.45, 7) is 3.89. The molecule has 2 heterocycles. The van der Waals surface area contributed by atoms with Gasteiger partial charge in [0.05, 0.1) is 12.8 Å². The molecule has 0 radical (unpaired) electrons. The second kappa shape index (κ2) is 7.48. The average Bonchev–Trinajstić information content (AvgIpc) is 3.05. The Balaban J connectivity index is 1.72. The maximum atomic E-state index is 11.2. The van der Waals surface area contributed by atoms with E-state index in [9.17, 15) is 4.79 Å². The van der Waals surface area contributed by atoms with Gasteiger partial charge in [0.25, 0.3) is 0 Å². The van der Waals surface area contributed by atoms with Gasteiger partial charge in [0.15, 0.2) is 0 Å². The molecule has 3 rings (SSSR count). The number of carbonyl (C=O) groups excluding carboxylic acids is 1. The quantitative estimate of drug-likeness (QED) is 0.635. The summed E-state index contributed by atoms with van der Waals surface area (Å²) < 4.78 is 5.29. The predicted molar refractivity (Wildman–Crippen MR) is 96.8 cm³/mol. The van der Waals surface area contributed by atoms with Crippen LogP contribution in [0.1, 0.15) is 18.4 Å². The number of amides is 1. The first-order chi connectivity index (χ1) is 12.1. The van der Waals surface area contributed by atoms with Gasteiger partial charge in [-0.15, -0.1) is 0 Å². The number of nitrogens with one attached hydrogen (secondary N) is 3. The van der Waals surface area contributed by atoms with Crippen LogP contribution in [0, 0.1) is 6.92 Å². The number of carbonyl (C=O) groups is 1. The van der Waals surface area contributed by atoms with Crippen LogP contribution in [-0.4, -0.2) is 15.9 Å². The third-order valence-corrected chi connectivity index (χ3v) is 3.31. The maximum Gasteiger partial charge on any atom is 0.225 e. The van der Waals surface area contributed by atoms with Gasteiger partial charge in [0, 0.05) is 30.1 Å². The minimum absolute atomic E-state index is 0.112. The Labute approximate surface area is 145 Å². The van der Waals surface area contributed by atoms with Gasteiger partial charge >= 0.3 is 0 Å². The third kappa shape index (κ3) is 4.81. The van der Waals surface area contributed by atoms with Gasteiger partial charge in [0.2, 0.25) is 11.9 Å². The number of furan rings is 1. The lowest BCUT2D eigenvalue weighted by Crippen LogP contribution is -2.07. The van der Waals surface area contributed by atoms with E-state index in [1.807, 2.05) is 49.4 Å². The average molecular weight is 337 g/mol. The molecule has 7 heteroatoms. The Kier molecular flexibility index (Phi) is 4.94. The minimum atomic E-state index is -0.112. The van der Waals surface area contributed by atoms with Crippen molar-refractivity contribution in [1.29, 1.82) is 0 Å². The molecule has 0 bridgehead atoms. The van der Waals surface area contributed by atoms with Gasteiger partial charge in [-0.05, 0) is 37.3 Å². The summed E-state index contributed by atoms with van der Waals surface area (Å²) in [5.41, 5.74) is 2.37. The molecular formula is C18H19N5O2. The van der Waals surface area contributed by atoms with E-state index in [1.165, 1.54) is 6.92 Å². The predicted octanol–water partition coefficient (Wildman–Crippen LogP) is 3.69. The monoisotopic (exact) mass is 337 g/mol. The molecule has 1 amide bonds. The first kappa shape index (κ1) is 16.5. The zero-order valence-electron chi connectivity index (χ0n) is 14.0. The number of nitrogens with zero attached hydrogens (tertiary/aromatic N) is 2. The fourth-order valence-corrected chi connectivity index (χ4v) is 2.32. The van der Waals surface area contributed by atoms with Crippen LogP contribution in [0.5, 0.6) is 0 Å². The number of benzene rings is 1. The SMILES string of the molecule is CC(=O)Nc1cccc(Nc2cc(C)nc(NCc3ccco3)n2)c1. The fourth-order valence-electron chi connectivity index (χ4n) is 2.32. The van der Waals surface area contributed by atoms with E-state index in [2.05, 4.69) is 25.9 Å². The lowest BCUT2D eigenvalue weighted by Gasteiger charge is -2.10. The number of aryl methyl sites for hydroxylation is 1. The van der Waals surface area contributed by atoms with Crippen molar-refractivity contribution in [1.82, 2.24) is 9.97 Å². The molecule has 2 aromatic heterocycles. The Morgan fingerprint density at radius 2 is 1.96 bits per heavy atom. The van der Waals surface area contributed by atoms with E-state index in [4.69, 9.17) is 4.42 Å². The van der Waals surface area contributed by atoms with Crippen molar-refractivity contribution in [2.75, 3.05) is 16.0 Å². The van der Waals surface area contributed by atoms with E-state index >= 15 is 0 Å². The molecule has 0 saturated carbocycles. The molecule has 3 aromatic rings. The molecule has 0 aliphatic heterocycles. The first-order valence-corrected chi connectivity index (χ1v) is 7.85. The zero-order valence-corrected chi connectivity index (χ0v) is 14.0.